The van der Waals surface area contributed by atoms with Crippen molar-refractivity contribution in [3.8, 4) is 0 Å². The number of nitrogens with zero attached hydrogens (tertiary/aromatic N) is 1. The molecule has 0 unspecified atom stereocenters. The fourth-order valence-electron chi connectivity index (χ4n) is 1.07. The lowest BCUT2D eigenvalue weighted by Gasteiger charge is -1.98. The molecular formula is C11H11NO5. The third-order valence-electron chi connectivity index (χ3n) is 1.88. The largest absolute Gasteiger partial charge is 0.508 e. The first-order valence-electron chi connectivity index (χ1n) is 4.75. The van der Waals surface area contributed by atoms with Gasteiger partial charge in [-0.3, -0.25) is 10.1 Å². The van der Waals surface area contributed by atoms with Gasteiger partial charge >= 0.3 is 6.16 Å². The molecule has 0 aromatic heterocycles. The van der Waals surface area contributed by atoms with Gasteiger partial charge in [0.25, 0.3) is 5.69 Å². The average molecular weight is 237 g/mol. The Bertz CT molecular complexity index is 424. The SMILES string of the molecule is COC(=O)OC/C=C/c1ccc([N+](=O)[O-])cc1. The summed E-state index contributed by atoms with van der Waals surface area (Å²) in [7, 11) is 1.22. The van der Waals surface area contributed by atoms with Crippen LogP contribution in [0.1, 0.15) is 5.56 Å². The predicted octanol–water partition coefficient (Wildman–Crippen LogP) is 2.39. The van der Waals surface area contributed by atoms with E-state index >= 15 is 0 Å². The molecule has 90 valence electrons. The zero-order valence-corrected chi connectivity index (χ0v) is 9.16. The Hall–Kier alpha value is -2.37. The molecule has 0 heterocycles. The lowest BCUT2D eigenvalue weighted by Crippen LogP contribution is -2.03. The zero-order valence-electron chi connectivity index (χ0n) is 9.16. The van der Waals surface area contributed by atoms with Crippen LogP contribution in [0.25, 0.3) is 6.08 Å². The topological polar surface area (TPSA) is 78.7 Å². The summed E-state index contributed by atoms with van der Waals surface area (Å²) in [6, 6.07) is 6.02. The van der Waals surface area contributed by atoms with Crippen molar-refractivity contribution in [2.45, 2.75) is 0 Å². The molecule has 1 aromatic carbocycles. The Balaban J connectivity index is 2.49. The van der Waals surface area contributed by atoms with Gasteiger partial charge in [0.15, 0.2) is 0 Å². The first kappa shape index (κ1) is 12.7. The van der Waals surface area contributed by atoms with Crippen LogP contribution in [0.2, 0.25) is 0 Å². The lowest BCUT2D eigenvalue weighted by atomic mass is 10.2. The third kappa shape index (κ3) is 4.33. The molecule has 6 nitrogen and oxygen atoms in total. The van der Waals surface area contributed by atoms with Gasteiger partial charge in [-0.25, -0.2) is 4.79 Å². The summed E-state index contributed by atoms with van der Waals surface area (Å²) in [4.78, 5) is 20.5. The van der Waals surface area contributed by atoms with E-state index in [9.17, 15) is 14.9 Å². The molecule has 0 aliphatic rings. The minimum atomic E-state index is -0.752. The van der Waals surface area contributed by atoms with E-state index in [4.69, 9.17) is 0 Å². The highest BCUT2D eigenvalue weighted by Gasteiger charge is 2.02. The fraction of sp³-hybridized carbons (Fsp3) is 0.182. The van der Waals surface area contributed by atoms with E-state index in [1.807, 2.05) is 0 Å². The Labute approximate surface area is 97.6 Å². The molecule has 0 fully saturated rings. The Morgan fingerprint density at radius 1 is 1.41 bits per heavy atom. The molecule has 0 aliphatic heterocycles. The van der Waals surface area contributed by atoms with Crippen LogP contribution in [0.4, 0.5) is 10.5 Å². The number of rotatable bonds is 4. The third-order valence-corrected chi connectivity index (χ3v) is 1.88. The van der Waals surface area contributed by atoms with Crippen LogP contribution < -0.4 is 0 Å². The molecule has 6 heteroatoms. The van der Waals surface area contributed by atoms with Gasteiger partial charge in [0, 0.05) is 12.1 Å². The number of benzene rings is 1. The molecule has 0 N–H and O–H groups in total. The van der Waals surface area contributed by atoms with E-state index in [0.29, 0.717) is 0 Å². The van der Waals surface area contributed by atoms with Gasteiger partial charge in [0.1, 0.15) is 6.61 Å². The first-order valence-corrected chi connectivity index (χ1v) is 4.75. The minimum Gasteiger partial charge on any atom is -0.438 e. The number of carbonyl (C=O) groups is 1. The maximum atomic E-state index is 10.6. The summed E-state index contributed by atoms with van der Waals surface area (Å²) in [5.74, 6) is 0. The van der Waals surface area contributed by atoms with Crippen LogP contribution >= 0.6 is 0 Å². The quantitative estimate of drug-likeness (QED) is 0.456. The molecule has 0 atom stereocenters. The average Bonchev–Trinajstić information content (AvgIpc) is 2.34. The summed E-state index contributed by atoms with van der Waals surface area (Å²) >= 11 is 0. The van der Waals surface area contributed by atoms with E-state index in [1.165, 1.54) is 19.2 Å². The highest BCUT2D eigenvalue weighted by Crippen LogP contribution is 2.12. The number of carbonyl (C=O) groups excluding carboxylic acids is 1. The van der Waals surface area contributed by atoms with E-state index in [-0.39, 0.29) is 12.3 Å². The van der Waals surface area contributed by atoms with Crippen LogP contribution in [-0.2, 0) is 9.47 Å². The summed E-state index contributed by atoms with van der Waals surface area (Å²) in [6.45, 7) is 0.0870. The number of hydrogen-bond acceptors (Lipinski definition) is 5. The monoisotopic (exact) mass is 237 g/mol. The molecule has 0 saturated heterocycles. The number of ether oxygens (including phenoxy) is 2. The van der Waals surface area contributed by atoms with Crippen molar-refractivity contribution >= 4 is 17.9 Å². The van der Waals surface area contributed by atoms with Gasteiger partial charge in [-0.15, -0.1) is 0 Å². The number of nitro groups is 1. The van der Waals surface area contributed by atoms with Gasteiger partial charge < -0.3 is 9.47 Å². The normalized spacial score (nSPS) is 10.2. The molecule has 0 amide bonds. The standard InChI is InChI=1S/C11H11NO5/c1-16-11(13)17-8-2-3-9-4-6-10(7-5-9)12(14)15/h2-7H,8H2,1H3/b3-2+. The summed E-state index contributed by atoms with van der Waals surface area (Å²) in [5, 5.41) is 10.4. The maximum absolute atomic E-state index is 10.6. The van der Waals surface area contributed by atoms with Crippen molar-refractivity contribution < 1.29 is 19.2 Å². The number of hydrogen-bond donors (Lipinski definition) is 0. The van der Waals surface area contributed by atoms with Gasteiger partial charge in [-0.05, 0) is 23.8 Å². The van der Waals surface area contributed by atoms with Crippen molar-refractivity contribution in [1.29, 1.82) is 0 Å². The molecule has 0 saturated carbocycles. The van der Waals surface area contributed by atoms with Crippen LogP contribution in [0.5, 0.6) is 0 Å². The molecule has 1 aromatic rings. The maximum Gasteiger partial charge on any atom is 0.508 e. The number of methoxy groups -OCH3 is 1. The van der Waals surface area contributed by atoms with Crippen LogP contribution in [0.15, 0.2) is 30.3 Å². The lowest BCUT2D eigenvalue weighted by molar-refractivity contribution is -0.384. The van der Waals surface area contributed by atoms with Gasteiger partial charge in [-0.1, -0.05) is 6.08 Å². The van der Waals surface area contributed by atoms with Crippen molar-refractivity contribution in [2.24, 2.45) is 0 Å². The number of nitro benzene ring substituents is 1. The van der Waals surface area contributed by atoms with Crippen molar-refractivity contribution in [1.82, 2.24) is 0 Å². The highest BCUT2D eigenvalue weighted by molar-refractivity contribution is 5.60. The van der Waals surface area contributed by atoms with Crippen molar-refractivity contribution in [3.63, 3.8) is 0 Å². The van der Waals surface area contributed by atoms with Crippen LogP contribution in [0, 0.1) is 10.1 Å². The smallest absolute Gasteiger partial charge is 0.438 e. The first-order chi connectivity index (χ1) is 8.13. The minimum absolute atomic E-state index is 0.0351. The second-order valence-electron chi connectivity index (χ2n) is 3.02. The van der Waals surface area contributed by atoms with Gasteiger partial charge in [0.05, 0.1) is 12.0 Å². The second-order valence-corrected chi connectivity index (χ2v) is 3.02. The van der Waals surface area contributed by atoms with E-state index in [0.717, 1.165) is 5.56 Å². The van der Waals surface area contributed by atoms with Crippen molar-refractivity contribution in [3.05, 3.63) is 46.0 Å². The molecule has 0 spiro atoms. The number of non-ortho nitro benzene ring substituents is 1. The van der Waals surface area contributed by atoms with Gasteiger partial charge in [0.2, 0.25) is 0 Å². The molecular weight excluding hydrogens is 226 g/mol. The fourth-order valence-corrected chi connectivity index (χ4v) is 1.07. The predicted molar refractivity (Wildman–Crippen MR) is 60.5 cm³/mol. The van der Waals surface area contributed by atoms with Gasteiger partial charge in [-0.2, -0.15) is 0 Å². The molecule has 0 aliphatic carbocycles. The summed E-state index contributed by atoms with van der Waals surface area (Å²) in [5.41, 5.74) is 0.817. The van der Waals surface area contributed by atoms with Crippen LogP contribution in [-0.4, -0.2) is 24.8 Å². The Morgan fingerprint density at radius 2 is 2.06 bits per heavy atom. The summed E-state index contributed by atoms with van der Waals surface area (Å²) < 4.78 is 8.89. The summed E-state index contributed by atoms with van der Waals surface area (Å²) in [6.07, 6.45) is 2.54. The molecule has 0 radical (unpaired) electrons. The van der Waals surface area contributed by atoms with Crippen molar-refractivity contribution in [2.75, 3.05) is 13.7 Å². The second kappa shape index (κ2) is 6.26. The molecule has 17 heavy (non-hydrogen) atoms. The van der Waals surface area contributed by atoms with E-state index < -0.39 is 11.1 Å². The van der Waals surface area contributed by atoms with E-state index in [1.54, 1.807) is 24.3 Å². The molecule has 0 bridgehead atoms. The van der Waals surface area contributed by atoms with Crippen LogP contribution in [0.3, 0.4) is 0 Å². The Kier molecular flexibility index (Phi) is 4.68. The van der Waals surface area contributed by atoms with E-state index in [2.05, 4.69) is 9.47 Å². The Morgan fingerprint density at radius 3 is 2.59 bits per heavy atom. The molecule has 1 rings (SSSR count). The highest BCUT2D eigenvalue weighted by atomic mass is 16.7. The zero-order chi connectivity index (χ0) is 12.7.